The van der Waals surface area contributed by atoms with Crippen molar-refractivity contribution in [2.45, 2.75) is 31.8 Å². The van der Waals surface area contributed by atoms with Gasteiger partial charge < -0.3 is 14.1 Å². The second-order valence-corrected chi connectivity index (χ2v) is 8.09. The summed E-state index contributed by atoms with van der Waals surface area (Å²) in [6.45, 7) is 3.28. The lowest BCUT2D eigenvalue weighted by atomic mass is 9.83. The molecule has 1 fully saturated rings. The number of carbonyl (C=O) groups excluding carboxylic acids is 1. The Balaban J connectivity index is 1.41. The van der Waals surface area contributed by atoms with E-state index >= 15 is 0 Å². The van der Waals surface area contributed by atoms with Gasteiger partial charge in [0, 0.05) is 37.0 Å². The van der Waals surface area contributed by atoms with E-state index in [-0.39, 0.29) is 17.1 Å². The maximum absolute atomic E-state index is 12.9. The Morgan fingerprint density at radius 2 is 1.90 bits per heavy atom. The first-order chi connectivity index (χ1) is 15.0. The van der Waals surface area contributed by atoms with Crippen molar-refractivity contribution in [3.8, 4) is 11.4 Å². The zero-order chi connectivity index (χ0) is 21.4. The third-order valence-corrected chi connectivity index (χ3v) is 6.04. The number of fused-ring (bicyclic) bond motifs is 2. The second kappa shape index (κ2) is 7.74. The molecule has 2 aliphatic heterocycles. The number of hydrogen-bond acceptors (Lipinski definition) is 6. The Bertz CT molecular complexity index is 1180. The summed E-state index contributed by atoms with van der Waals surface area (Å²) in [7, 11) is 0. The molecule has 31 heavy (non-hydrogen) atoms. The van der Waals surface area contributed by atoms with Crippen molar-refractivity contribution in [1.29, 1.82) is 0 Å². The molecule has 0 unspecified atom stereocenters. The monoisotopic (exact) mass is 417 g/mol. The van der Waals surface area contributed by atoms with Crippen molar-refractivity contribution in [2.24, 2.45) is 0 Å². The molecular formula is C24H23N3O4. The largest absolute Gasteiger partial charge is 0.456 e. The van der Waals surface area contributed by atoms with Crippen LogP contribution >= 0.6 is 0 Å². The number of piperidine rings is 1. The van der Waals surface area contributed by atoms with Gasteiger partial charge in [0.15, 0.2) is 17.0 Å². The summed E-state index contributed by atoms with van der Waals surface area (Å²) in [4.78, 5) is 35.8. The van der Waals surface area contributed by atoms with Crippen molar-refractivity contribution < 1.29 is 13.9 Å². The van der Waals surface area contributed by atoms with Gasteiger partial charge in [-0.1, -0.05) is 30.3 Å². The van der Waals surface area contributed by atoms with Crippen LogP contribution in [0.25, 0.3) is 11.4 Å². The molecule has 1 spiro atoms. The molecule has 0 aliphatic carbocycles. The van der Waals surface area contributed by atoms with Gasteiger partial charge in [0.25, 0.3) is 5.91 Å². The second-order valence-electron chi connectivity index (χ2n) is 8.09. The third kappa shape index (κ3) is 3.65. The molecule has 3 aromatic rings. The average molecular weight is 417 g/mol. The van der Waals surface area contributed by atoms with Crippen LogP contribution in [0.3, 0.4) is 0 Å². The molecule has 0 radical (unpaired) electrons. The van der Waals surface area contributed by atoms with E-state index in [1.807, 2.05) is 36.5 Å². The highest BCUT2D eigenvalue weighted by Crippen LogP contribution is 2.41. The Hall–Kier alpha value is -3.32. The van der Waals surface area contributed by atoms with Gasteiger partial charge in [0.2, 0.25) is 0 Å². The molecule has 0 N–H and O–H groups in total. The molecule has 1 amide bonds. The normalized spacial score (nSPS) is 17.4. The van der Waals surface area contributed by atoms with Crippen LogP contribution in [0.5, 0.6) is 0 Å². The summed E-state index contributed by atoms with van der Waals surface area (Å²) in [5.74, 6) is 0.933. The first-order valence-corrected chi connectivity index (χ1v) is 10.5. The zero-order valence-corrected chi connectivity index (χ0v) is 17.3. The minimum atomic E-state index is -0.524. The van der Waals surface area contributed by atoms with E-state index in [0.717, 1.165) is 23.2 Å². The molecule has 1 saturated heterocycles. The van der Waals surface area contributed by atoms with E-state index < -0.39 is 5.60 Å². The van der Waals surface area contributed by atoms with Crippen molar-refractivity contribution in [1.82, 2.24) is 14.9 Å². The van der Waals surface area contributed by atoms with Crippen LogP contribution in [0.2, 0.25) is 0 Å². The smallest absolute Gasteiger partial charge is 0.289 e. The van der Waals surface area contributed by atoms with Crippen molar-refractivity contribution in [2.75, 3.05) is 19.7 Å². The lowest BCUT2D eigenvalue weighted by Gasteiger charge is -2.44. The van der Waals surface area contributed by atoms with Crippen molar-refractivity contribution in [3.63, 3.8) is 0 Å². The van der Waals surface area contributed by atoms with Gasteiger partial charge >= 0.3 is 0 Å². The Morgan fingerprint density at radius 3 is 2.65 bits per heavy atom. The standard InChI is InChI=1S/C24H23N3O4/c1-16-13-19(28)14-20(31-16)23(29)27-10-8-24(9-11-27)21-18(7-12-30-24)15-25-22(26-21)17-5-3-2-4-6-17/h2-6,13-15H,7-12H2,1H3. The number of carbonyl (C=O) groups is 1. The highest BCUT2D eigenvalue weighted by molar-refractivity contribution is 5.91. The van der Waals surface area contributed by atoms with Crippen LogP contribution in [-0.2, 0) is 16.8 Å². The number of likely N-dealkylation sites (tertiary alicyclic amines) is 1. The molecular weight excluding hydrogens is 394 g/mol. The summed E-state index contributed by atoms with van der Waals surface area (Å²) < 4.78 is 11.8. The molecule has 1 aromatic carbocycles. The number of ether oxygens (including phenoxy) is 1. The molecule has 0 atom stereocenters. The maximum atomic E-state index is 12.9. The topological polar surface area (TPSA) is 85.5 Å². The fraction of sp³-hybridized carbons (Fsp3) is 0.333. The molecule has 7 heteroatoms. The Kier molecular flexibility index (Phi) is 4.90. The molecule has 0 saturated carbocycles. The van der Waals surface area contributed by atoms with Gasteiger partial charge in [-0.3, -0.25) is 9.59 Å². The number of aryl methyl sites for hydroxylation is 1. The quantitative estimate of drug-likeness (QED) is 0.637. The van der Waals surface area contributed by atoms with Crippen LogP contribution < -0.4 is 5.43 Å². The first-order valence-electron chi connectivity index (χ1n) is 10.5. The van der Waals surface area contributed by atoms with Gasteiger partial charge in [-0.2, -0.15) is 0 Å². The van der Waals surface area contributed by atoms with Crippen LogP contribution in [0, 0.1) is 6.92 Å². The number of benzene rings is 1. The van der Waals surface area contributed by atoms with E-state index in [0.29, 0.717) is 44.1 Å². The minimum absolute atomic E-state index is 0.0830. The van der Waals surface area contributed by atoms with Crippen LogP contribution in [0.1, 0.15) is 40.4 Å². The number of nitrogens with zero attached hydrogens (tertiary/aromatic N) is 3. The van der Waals surface area contributed by atoms with E-state index in [2.05, 4.69) is 4.98 Å². The van der Waals surface area contributed by atoms with Crippen molar-refractivity contribution >= 4 is 5.91 Å². The Labute approximate surface area is 179 Å². The number of aromatic nitrogens is 2. The van der Waals surface area contributed by atoms with Gasteiger partial charge in [-0.25, -0.2) is 9.97 Å². The predicted octanol–water partition coefficient (Wildman–Crippen LogP) is 3.11. The summed E-state index contributed by atoms with van der Waals surface area (Å²) >= 11 is 0. The van der Waals surface area contributed by atoms with Gasteiger partial charge in [-0.15, -0.1) is 0 Å². The molecule has 2 aliphatic rings. The van der Waals surface area contributed by atoms with Crippen molar-refractivity contribution in [3.05, 3.63) is 81.7 Å². The van der Waals surface area contributed by atoms with Crippen LogP contribution in [-0.4, -0.2) is 40.5 Å². The first kappa shape index (κ1) is 19.6. The number of hydrogen-bond donors (Lipinski definition) is 0. The predicted molar refractivity (Wildman–Crippen MR) is 114 cm³/mol. The van der Waals surface area contributed by atoms with Crippen LogP contribution in [0.4, 0.5) is 0 Å². The molecule has 2 aromatic heterocycles. The van der Waals surface area contributed by atoms with Gasteiger partial charge in [-0.05, 0) is 31.7 Å². The molecule has 4 heterocycles. The number of rotatable bonds is 2. The summed E-state index contributed by atoms with van der Waals surface area (Å²) in [6.07, 6.45) is 3.96. The molecule has 158 valence electrons. The van der Waals surface area contributed by atoms with E-state index in [4.69, 9.17) is 14.1 Å². The van der Waals surface area contributed by atoms with Gasteiger partial charge in [0.05, 0.1) is 12.3 Å². The van der Waals surface area contributed by atoms with E-state index in [1.165, 1.54) is 12.1 Å². The highest BCUT2D eigenvalue weighted by Gasteiger charge is 2.43. The van der Waals surface area contributed by atoms with E-state index in [9.17, 15) is 9.59 Å². The fourth-order valence-corrected chi connectivity index (χ4v) is 4.45. The zero-order valence-electron chi connectivity index (χ0n) is 17.3. The molecule has 0 bridgehead atoms. The molecule has 7 nitrogen and oxygen atoms in total. The average Bonchev–Trinajstić information content (AvgIpc) is 2.79. The molecule has 5 rings (SSSR count). The SMILES string of the molecule is Cc1cc(=O)cc(C(=O)N2CCC3(CC2)OCCc2cnc(-c4ccccc4)nc23)o1. The number of amides is 1. The summed E-state index contributed by atoms with van der Waals surface area (Å²) in [6, 6.07) is 12.5. The lowest BCUT2D eigenvalue weighted by molar-refractivity contribution is -0.0969. The Morgan fingerprint density at radius 1 is 1.13 bits per heavy atom. The van der Waals surface area contributed by atoms with Gasteiger partial charge in [0.1, 0.15) is 11.4 Å². The minimum Gasteiger partial charge on any atom is -0.456 e. The fourth-order valence-electron chi connectivity index (χ4n) is 4.45. The highest BCUT2D eigenvalue weighted by atomic mass is 16.5. The summed E-state index contributed by atoms with van der Waals surface area (Å²) in [5.41, 5.74) is 2.25. The third-order valence-electron chi connectivity index (χ3n) is 6.04. The maximum Gasteiger partial charge on any atom is 0.289 e. The van der Waals surface area contributed by atoms with E-state index in [1.54, 1.807) is 11.8 Å². The lowest BCUT2D eigenvalue weighted by Crippen LogP contribution is -2.49. The van der Waals surface area contributed by atoms with Crippen LogP contribution in [0.15, 0.2) is 57.9 Å². The summed E-state index contributed by atoms with van der Waals surface area (Å²) in [5, 5.41) is 0.